The highest BCUT2D eigenvalue weighted by atomic mass is 79.9. The van der Waals surface area contributed by atoms with E-state index in [1.54, 1.807) is 20.8 Å². The van der Waals surface area contributed by atoms with Crippen LogP contribution in [0.15, 0.2) is 10.9 Å². The minimum absolute atomic E-state index is 0.183. The highest BCUT2D eigenvalue weighted by molar-refractivity contribution is 9.10. The highest BCUT2D eigenvalue weighted by Crippen LogP contribution is 2.27. The van der Waals surface area contributed by atoms with Gasteiger partial charge in [0.2, 0.25) is 0 Å². The summed E-state index contributed by atoms with van der Waals surface area (Å²) in [6, 6.07) is 0. The van der Waals surface area contributed by atoms with Crippen molar-refractivity contribution in [2.24, 2.45) is 0 Å². The standard InChI is InChI=1S/C12H14BrN5O4/c1-12(2,3)22-11(21)16-9-7-8(13)17-18(4-6(19)20)10(7)15-5-14-9/h5H,4H2,1-3H3,(H,19,20)(H,14,15,16,21). The predicted octanol–water partition coefficient (Wildman–Crippen LogP) is 2.02. The number of nitrogens with one attached hydrogen (secondary N) is 1. The molecule has 22 heavy (non-hydrogen) atoms. The van der Waals surface area contributed by atoms with Gasteiger partial charge in [-0.25, -0.2) is 19.4 Å². The molecular formula is C12H14BrN5O4. The van der Waals surface area contributed by atoms with E-state index >= 15 is 0 Å². The molecule has 1 amide bonds. The fourth-order valence-electron chi connectivity index (χ4n) is 1.70. The summed E-state index contributed by atoms with van der Waals surface area (Å²) in [6.45, 7) is 4.86. The molecule has 2 aromatic heterocycles. The average Bonchev–Trinajstić information content (AvgIpc) is 2.64. The Kier molecular flexibility index (Phi) is 4.31. The topological polar surface area (TPSA) is 119 Å². The van der Waals surface area contributed by atoms with Gasteiger partial charge in [-0.1, -0.05) is 0 Å². The molecule has 2 rings (SSSR count). The summed E-state index contributed by atoms with van der Waals surface area (Å²) in [5.74, 6) is -0.875. The number of aromatic nitrogens is 4. The molecule has 0 saturated carbocycles. The lowest BCUT2D eigenvalue weighted by molar-refractivity contribution is -0.137. The van der Waals surface area contributed by atoms with Gasteiger partial charge in [-0.05, 0) is 36.7 Å². The van der Waals surface area contributed by atoms with E-state index in [2.05, 4.69) is 36.3 Å². The second-order valence-corrected chi connectivity index (χ2v) is 6.14. The van der Waals surface area contributed by atoms with Crippen LogP contribution in [0.3, 0.4) is 0 Å². The molecule has 0 bridgehead atoms. The van der Waals surface area contributed by atoms with Gasteiger partial charge < -0.3 is 9.84 Å². The van der Waals surface area contributed by atoms with Crippen LogP contribution in [0.2, 0.25) is 0 Å². The molecule has 0 aromatic carbocycles. The molecule has 2 N–H and O–H groups in total. The molecule has 118 valence electrons. The lowest BCUT2D eigenvalue weighted by Gasteiger charge is -2.19. The van der Waals surface area contributed by atoms with E-state index in [1.165, 1.54) is 11.0 Å². The molecule has 0 unspecified atom stereocenters. The number of carbonyl (C=O) groups excluding carboxylic acids is 1. The fourth-order valence-corrected chi connectivity index (χ4v) is 2.26. The van der Waals surface area contributed by atoms with Crippen LogP contribution < -0.4 is 5.32 Å². The van der Waals surface area contributed by atoms with Crippen LogP contribution in [0.1, 0.15) is 20.8 Å². The number of carbonyl (C=O) groups is 2. The normalized spacial score (nSPS) is 11.5. The van der Waals surface area contributed by atoms with E-state index < -0.39 is 17.7 Å². The van der Waals surface area contributed by atoms with Crippen molar-refractivity contribution in [1.29, 1.82) is 0 Å². The minimum atomic E-state index is -1.06. The Balaban J connectivity index is 2.37. The smallest absolute Gasteiger partial charge is 0.413 e. The number of fused-ring (bicyclic) bond motifs is 1. The zero-order valence-corrected chi connectivity index (χ0v) is 13.7. The zero-order valence-electron chi connectivity index (χ0n) is 12.1. The van der Waals surface area contributed by atoms with E-state index in [9.17, 15) is 9.59 Å². The van der Waals surface area contributed by atoms with Gasteiger partial charge in [-0.3, -0.25) is 10.1 Å². The number of ether oxygens (including phenoxy) is 1. The number of nitrogens with zero attached hydrogens (tertiary/aromatic N) is 4. The number of amides is 1. The van der Waals surface area contributed by atoms with E-state index in [0.717, 1.165) is 0 Å². The summed E-state index contributed by atoms with van der Waals surface area (Å²) in [7, 11) is 0. The second-order valence-electron chi connectivity index (χ2n) is 5.39. The summed E-state index contributed by atoms with van der Waals surface area (Å²) in [5.41, 5.74) is -0.364. The Bertz CT molecular complexity index is 737. The molecule has 0 fully saturated rings. The monoisotopic (exact) mass is 371 g/mol. The SMILES string of the molecule is CC(C)(C)OC(=O)Nc1ncnc2c1c(Br)nn2CC(=O)O. The number of carboxylic acids is 1. The molecular weight excluding hydrogens is 358 g/mol. The molecule has 0 aliphatic carbocycles. The van der Waals surface area contributed by atoms with Crippen molar-refractivity contribution in [3.8, 4) is 0 Å². The van der Waals surface area contributed by atoms with Crippen LogP contribution in [-0.4, -0.2) is 42.5 Å². The maximum Gasteiger partial charge on any atom is 0.413 e. The fraction of sp³-hybridized carbons (Fsp3) is 0.417. The molecule has 0 atom stereocenters. The number of anilines is 1. The number of carboxylic acid groups (broad SMARTS) is 1. The van der Waals surface area contributed by atoms with Gasteiger partial charge in [0.05, 0.1) is 5.39 Å². The van der Waals surface area contributed by atoms with Crippen molar-refractivity contribution in [2.45, 2.75) is 32.9 Å². The van der Waals surface area contributed by atoms with Crippen molar-refractivity contribution in [2.75, 3.05) is 5.32 Å². The van der Waals surface area contributed by atoms with Gasteiger partial charge >= 0.3 is 12.1 Å². The minimum Gasteiger partial charge on any atom is -0.480 e. The number of aliphatic carboxylic acids is 1. The van der Waals surface area contributed by atoms with Crippen LogP contribution in [0.25, 0.3) is 11.0 Å². The first-order valence-corrected chi connectivity index (χ1v) is 7.05. The Hall–Kier alpha value is -2.23. The van der Waals surface area contributed by atoms with Gasteiger partial charge in [0, 0.05) is 0 Å². The maximum absolute atomic E-state index is 11.8. The first-order valence-electron chi connectivity index (χ1n) is 6.26. The molecule has 0 aliphatic rings. The number of rotatable bonds is 3. The van der Waals surface area contributed by atoms with Gasteiger partial charge in [-0.2, -0.15) is 5.10 Å². The molecule has 0 saturated heterocycles. The average molecular weight is 372 g/mol. The predicted molar refractivity (Wildman–Crippen MR) is 80.5 cm³/mol. The summed E-state index contributed by atoms with van der Waals surface area (Å²) in [4.78, 5) is 30.6. The summed E-state index contributed by atoms with van der Waals surface area (Å²) >= 11 is 3.21. The van der Waals surface area contributed by atoms with Crippen molar-refractivity contribution >= 4 is 44.8 Å². The molecule has 0 spiro atoms. The third-order valence-electron chi connectivity index (χ3n) is 2.39. The van der Waals surface area contributed by atoms with Gasteiger partial charge in [0.25, 0.3) is 0 Å². The first-order chi connectivity index (χ1) is 10.2. The second kappa shape index (κ2) is 5.87. The summed E-state index contributed by atoms with van der Waals surface area (Å²) in [5, 5.41) is 15.8. The van der Waals surface area contributed by atoms with Gasteiger partial charge in [-0.15, -0.1) is 0 Å². The Morgan fingerprint density at radius 2 is 2.09 bits per heavy atom. The van der Waals surface area contributed by atoms with Crippen LogP contribution in [0, 0.1) is 0 Å². The Labute approximate surface area is 133 Å². The molecule has 0 aliphatic heterocycles. The van der Waals surface area contributed by atoms with Gasteiger partial charge in [0.1, 0.15) is 23.1 Å². The van der Waals surface area contributed by atoms with E-state index in [4.69, 9.17) is 9.84 Å². The first kappa shape index (κ1) is 16.1. The van der Waals surface area contributed by atoms with Crippen molar-refractivity contribution in [1.82, 2.24) is 19.7 Å². The van der Waals surface area contributed by atoms with Crippen LogP contribution in [-0.2, 0) is 16.1 Å². The lowest BCUT2D eigenvalue weighted by Crippen LogP contribution is -2.27. The molecule has 9 nitrogen and oxygen atoms in total. The van der Waals surface area contributed by atoms with E-state index in [-0.39, 0.29) is 18.0 Å². The molecule has 2 heterocycles. The molecule has 0 radical (unpaired) electrons. The number of hydrogen-bond donors (Lipinski definition) is 2. The Morgan fingerprint density at radius 3 is 2.68 bits per heavy atom. The van der Waals surface area contributed by atoms with Crippen molar-refractivity contribution in [3.63, 3.8) is 0 Å². The van der Waals surface area contributed by atoms with Crippen LogP contribution in [0.5, 0.6) is 0 Å². The highest BCUT2D eigenvalue weighted by Gasteiger charge is 2.21. The van der Waals surface area contributed by atoms with Gasteiger partial charge in [0.15, 0.2) is 11.5 Å². The third-order valence-corrected chi connectivity index (χ3v) is 2.95. The van der Waals surface area contributed by atoms with E-state index in [0.29, 0.717) is 9.99 Å². The number of hydrogen-bond acceptors (Lipinski definition) is 6. The quantitative estimate of drug-likeness (QED) is 0.846. The Morgan fingerprint density at radius 1 is 1.41 bits per heavy atom. The van der Waals surface area contributed by atoms with Crippen LogP contribution >= 0.6 is 15.9 Å². The molecule has 10 heteroatoms. The largest absolute Gasteiger partial charge is 0.480 e. The lowest BCUT2D eigenvalue weighted by atomic mass is 10.2. The zero-order chi connectivity index (χ0) is 16.5. The number of halogens is 1. The molecule has 2 aromatic rings. The third kappa shape index (κ3) is 3.70. The van der Waals surface area contributed by atoms with Crippen molar-refractivity contribution < 1.29 is 19.4 Å². The van der Waals surface area contributed by atoms with E-state index in [1.807, 2.05) is 0 Å². The van der Waals surface area contributed by atoms with Crippen LogP contribution in [0.4, 0.5) is 10.6 Å². The maximum atomic E-state index is 11.8. The van der Waals surface area contributed by atoms with Crippen molar-refractivity contribution in [3.05, 3.63) is 10.9 Å². The summed E-state index contributed by atoms with van der Waals surface area (Å²) in [6.07, 6.45) is 0.534. The summed E-state index contributed by atoms with van der Waals surface area (Å²) < 4.78 is 6.68.